The summed E-state index contributed by atoms with van der Waals surface area (Å²) in [5.74, 6) is 0. The standard InChI is InChI=1S/C11H12ClN3/c1-13-7-4-5-9-11(12)14-10-6-2-3-8-15(9)10/h2-6,8,13H,7H2,1H3. The predicted molar refractivity (Wildman–Crippen MR) is 63.2 cm³/mol. The highest BCUT2D eigenvalue weighted by Crippen LogP contribution is 2.18. The fourth-order valence-corrected chi connectivity index (χ4v) is 1.66. The van der Waals surface area contributed by atoms with E-state index in [1.807, 2.05) is 48.0 Å². The largest absolute Gasteiger partial charge is 0.316 e. The van der Waals surface area contributed by atoms with Gasteiger partial charge >= 0.3 is 0 Å². The Bertz CT molecular complexity index is 488. The van der Waals surface area contributed by atoms with Gasteiger partial charge in [-0.05, 0) is 25.3 Å². The van der Waals surface area contributed by atoms with Crippen LogP contribution in [0.2, 0.25) is 5.15 Å². The average molecular weight is 222 g/mol. The summed E-state index contributed by atoms with van der Waals surface area (Å²) in [6.45, 7) is 0.816. The normalized spacial score (nSPS) is 11.6. The number of likely N-dealkylation sites (N-methyl/N-ethyl adjacent to an activating group) is 1. The number of aromatic nitrogens is 2. The molecule has 0 saturated heterocycles. The number of pyridine rings is 1. The van der Waals surface area contributed by atoms with Crippen molar-refractivity contribution in [1.82, 2.24) is 14.7 Å². The molecular formula is C11H12ClN3. The van der Waals surface area contributed by atoms with E-state index in [4.69, 9.17) is 11.6 Å². The van der Waals surface area contributed by atoms with Gasteiger partial charge in [0.1, 0.15) is 5.65 Å². The van der Waals surface area contributed by atoms with Crippen molar-refractivity contribution in [2.45, 2.75) is 0 Å². The summed E-state index contributed by atoms with van der Waals surface area (Å²) in [6, 6.07) is 5.83. The van der Waals surface area contributed by atoms with E-state index in [0.29, 0.717) is 5.15 Å². The maximum absolute atomic E-state index is 6.04. The highest BCUT2D eigenvalue weighted by Gasteiger charge is 2.05. The van der Waals surface area contributed by atoms with Crippen LogP contribution in [0.3, 0.4) is 0 Å². The second-order valence-electron chi connectivity index (χ2n) is 3.18. The molecule has 2 aromatic rings. The first kappa shape index (κ1) is 10.2. The number of nitrogens with one attached hydrogen (secondary N) is 1. The van der Waals surface area contributed by atoms with E-state index in [9.17, 15) is 0 Å². The molecule has 0 aliphatic heterocycles. The summed E-state index contributed by atoms with van der Waals surface area (Å²) < 4.78 is 1.97. The molecule has 0 atom stereocenters. The molecule has 1 N–H and O–H groups in total. The molecule has 15 heavy (non-hydrogen) atoms. The Morgan fingerprint density at radius 1 is 1.53 bits per heavy atom. The van der Waals surface area contributed by atoms with Crippen molar-refractivity contribution in [3.63, 3.8) is 0 Å². The van der Waals surface area contributed by atoms with Crippen molar-refractivity contribution in [2.75, 3.05) is 13.6 Å². The van der Waals surface area contributed by atoms with E-state index >= 15 is 0 Å². The fraction of sp³-hybridized carbons (Fsp3) is 0.182. The summed E-state index contributed by atoms with van der Waals surface area (Å²) in [5, 5.41) is 3.57. The van der Waals surface area contributed by atoms with Crippen LogP contribution in [-0.4, -0.2) is 23.0 Å². The van der Waals surface area contributed by atoms with E-state index in [-0.39, 0.29) is 0 Å². The van der Waals surface area contributed by atoms with Crippen molar-refractivity contribution in [3.05, 3.63) is 41.3 Å². The minimum Gasteiger partial charge on any atom is -0.316 e. The first-order chi connectivity index (χ1) is 7.33. The molecule has 2 rings (SSSR count). The number of imidazole rings is 1. The molecule has 2 aromatic heterocycles. The van der Waals surface area contributed by atoms with Gasteiger partial charge in [-0.2, -0.15) is 0 Å². The van der Waals surface area contributed by atoms with E-state index in [1.165, 1.54) is 0 Å². The van der Waals surface area contributed by atoms with Crippen LogP contribution in [0.1, 0.15) is 5.69 Å². The van der Waals surface area contributed by atoms with Gasteiger partial charge in [0, 0.05) is 12.7 Å². The van der Waals surface area contributed by atoms with Crippen LogP contribution >= 0.6 is 11.6 Å². The van der Waals surface area contributed by atoms with Gasteiger partial charge in [-0.1, -0.05) is 23.7 Å². The van der Waals surface area contributed by atoms with Crippen molar-refractivity contribution in [1.29, 1.82) is 0 Å². The summed E-state index contributed by atoms with van der Waals surface area (Å²) in [7, 11) is 1.90. The van der Waals surface area contributed by atoms with Crippen molar-refractivity contribution >= 4 is 23.3 Å². The summed E-state index contributed by atoms with van der Waals surface area (Å²) in [6.07, 6.45) is 5.94. The molecule has 0 unspecified atom stereocenters. The Kier molecular flexibility index (Phi) is 3.04. The lowest BCUT2D eigenvalue weighted by Crippen LogP contribution is -2.03. The number of halogens is 1. The SMILES string of the molecule is CNCC=Cc1c(Cl)nc2ccccn12. The maximum atomic E-state index is 6.04. The van der Waals surface area contributed by atoms with Crippen molar-refractivity contribution in [2.24, 2.45) is 0 Å². The topological polar surface area (TPSA) is 29.3 Å². The molecule has 0 saturated carbocycles. The third-order valence-corrected chi connectivity index (χ3v) is 2.40. The van der Waals surface area contributed by atoms with Gasteiger partial charge in [0.15, 0.2) is 5.15 Å². The van der Waals surface area contributed by atoms with Gasteiger partial charge in [-0.25, -0.2) is 4.98 Å². The van der Waals surface area contributed by atoms with Crippen LogP contribution in [0.5, 0.6) is 0 Å². The highest BCUT2D eigenvalue weighted by molar-refractivity contribution is 6.31. The minimum absolute atomic E-state index is 0.536. The van der Waals surface area contributed by atoms with Gasteiger partial charge in [0.2, 0.25) is 0 Å². The zero-order valence-electron chi connectivity index (χ0n) is 8.44. The third kappa shape index (κ3) is 2.03. The van der Waals surface area contributed by atoms with Crippen LogP contribution in [-0.2, 0) is 0 Å². The van der Waals surface area contributed by atoms with Crippen LogP contribution in [0.25, 0.3) is 11.7 Å². The second kappa shape index (κ2) is 4.47. The molecule has 0 aliphatic rings. The molecule has 0 aliphatic carbocycles. The summed E-state index contributed by atoms with van der Waals surface area (Å²) >= 11 is 6.04. The highest BCUT2D eigenvalue weighted by atomic mass is 35.5. The number of fused-ring (bicyclic) bond motifs is 1. The molecule has 4 heteroatoms. The van der Waals surface area contributed by atoms with Crippen molar-refractivity contribution in [3.8, 4) is 0 Å². The number of rotatable bonds is 3. The van der Waals surface area contributed by atoms with Gasteiger partial charge in [0.25, 0.3) is 0 Å². The Balaban J connectivity index is 2.45. The zero-order chi connectivity index (χ0) is 10.7. The van der Waals surface area contributed by atoms with E-state index < -0.39 is 0 Å². The van der Waals surface area contributed by atoms with Gasteiger partial charge in [-0.3, -0.25) is 4.40 Å². The lowest BCUT2D eigenvalue weighted by atomic mass is 10.4. The molecule has 2 heterocycles. The van der Waals surface area contributed by atoms with Crippen molar-refractivity contribution < 1.29 is 0 Å². The quantitative estimate of drug-likeness (QED) is 0.861. The summed E-state index contributed by atoms with van der Waals surface area (Å²) in [5.41, 5.74) is 1.79. The van der Waals surface area contributed by atoms with E-state index in [2.05, 4.69) is 10.3 Å². The van der Waals surface area contributed by atoms with Gasteiger partial charge in [-0.15, -0.1) is 0 Å². The average Bonchev–Trinajstić information content (AvgIpc) is 2.56. The first-order valence-electron chi connectivity index (χ1n) is 4.76. The monoisotopic (exact) mass is 221 g/mol. The molecule has 0 radical (unpaired) electrons. The molecule has 0 fully saturated rings. The Morgan fingerprint density at radius 3 is 3.20 bits per heavy atom. The first-order valence-corrected chi connectivity index (χ1v) is 5.14. The smallest absolute Gasteiger partial charge is 0.155 e. The third-order valence-electron chi connectivity index (χ3n) is 2.12. The Labute approximate surface area is 93.4 Å². The van der Waals surface area contributed by atoms with Crippen LogP contribution < -0.4 is 5.32 Å². The van der Waals surface area contributed by atoms with Crippen LogP contribution in [0.15, 0.2) is 30.5 Å². The van der Waals surface area contributed by atoms with Crippen LogP contribution in [0, 0.1) is 0 Å². The maximum Gasteiger partial charge on any atom is 0.155 e. The van der Waals surface area contributed by atoms with E-state index in [1.54, 1.807) is 0 Å². The molecule has 0 bridgehead atoms. The molecule has 0 aromatic carbocycles. The lowest BCUT2D eigenvalue weighted by Gasteiger charge is -1.95. The molecule has 3 nitrogen and oxygen atoms in total. The zero-order valence-corrected chi connectivity index (χ0v) is 9.20. The molecular weight excluding hydrogens is 210 g/mol. The second-order valence-corrected chi connectivity index (χ2v) is 3.53. The van der Waals surface area contributed by atoms with Crippen LogP contribution in [0.4, 0.5) is 0 Å². The molecule has 78 valence electrons. The predicted octanol–water partition coefficient (Wildman–Crippen LogP) is 2.22. The van der Waals surface area contributed by atoms with E-state index in [0.717, 1.165) is 17.9 Å². The fourth-order valence-electron chi connectivity index (χ4n) is 1.42. The minimum atomic E-state index is 0.536. The number of hydrogen-bond acceptors (Lipinski definition) is 2. The lowest BCUT2D eigenvalue weighted by molar-refractivity contribution is 0.922. The number of hydrogen-bond donors (Lipinski definition) is 1. The van der Waals surface area contributed by atoms with Gasteiger partial charge in [0.05, 0.1) is 5.69 Å². The molecule has 0 amide bonds. The van der Waals surface area contributed by atoms with Gasteiger partial charge < -0.3 is 5.32 Å². The Hall–Kier alpha value is -1.32. The Morgan fingerprint density at radius 2 is 2.40 bits per heavy atom. The summed E-state index contributed by atoms with van der Waals surface area (Å²) in [4.78, 5) is 4.25. The molecule has 0 spiro atoms. The number of nitrogens with zero attached hydrogens (tertiary/aromatic N) is 2.